The van der Waals surface area contributed by atoms with E-state index in [9.17, 15) is 9.59 Å². The molecule has 0 fully saturated rings. The average Bonchev–Trinajstić information content (AvgIpc) is 2.50. The highest BCUT2D eigenvalue weighted by molar-refractivity contribution is 5.75. The van der Waals surface area contributed by atoms with Gasteiger partial charge in [-0.05, 0) is 5.92 Å². The van der Waals surface area contributed by atoms with Crippen LogP contribution in [0.1, 0.15) is 26.7 Å². The van der Waals surface area contributed by atoms with E-state index in [0.717, 1.165) is 6.29 Å². The van der Waals surface area contributed by atoms with Gasteiger partial charge in [0.2, 0.25) is 5.91 Å². The summed E-state index contributed by atoms with van der Waals surface area (Å²) in [6.45, 7) is 8.46. The number of carbonyl (C=O) groups excluding carboxylic acids is 2. The number of ether oxygens (including phenoxy) is 4. The number of aldehydes is 1. The summed E-state index contributed by atoms with van der Waals surface area (Å²) in [4.78, 5) is 21.4. The van der Waals surface area contributed by atoms with Crippen molar-refractivity contribution in [2.45, 2.75) is 26.7 Å². The van der Waals surface area contributed by atoms with E-state index < -0.39 is 0 Å². The lowest BCUT2D eigenvalue weighted by Gasteiger charge is -2.08. The number of amides is 1. The Balaban J connectivity index is 3.08. The Kier molecular flexibility index (Phi) is 16.6. The van der Waals surface area contributed by atoms with Crippen LogP contribution < -0.4 is 5.32 Å². The minimum absolute atomic E-state index is 0.0622. The first-order valence-electron chi connectivity index (χ1n) is 8.18. The van der Waals surface area contributed by atoms with E-state index in [-0.39, 0.29) is 5.91 Å². The summed E-state index contributed by atoms with van der Waals surface area (Å²) < 4.78 is 21.1. The molecule has 0 aliphatic rings. The minimum Gasteiger partial charge on any atom is -0.379 e. The average molecular weight is 333 g/mol. The third-order valence-electron chi connectivity index (χ3n) is 2.66. The van der Waals surface area contributed by atoms with Crippen LogP contribution in [-0.2, 0) is 28.5 Å². The van der Waals surface area contributed by atoms with Gasteiger partial charge in [-0.25, -0.2) is 0 Å². The maximum absolute atomic E-state index is 11.4. The number of hydrogen-bond acceptors (Lipinski definition) is 6. The van der Waals surface area contributed by atoms with Gasteiger partial charge >= 0.3 is 0 Å². The molecule has 0 aliphatic heterocycles. The van der Waals surface area contributed by atoms with Gasteiger partial charge in [0, 0.05) is 19.4 Å². The fourth-order valence-corrected chi connectivity index (χ4v) is 1.60. The molecule has 1 amide bonds. The van der Waals surface area contributed by atoms with Gasteiger partial charge in [0.05, 0.1) is 52.9 Å². The predicted octanol–water partition coefficient (Wildman–Crippen LogP) is 0.804. The van der Waals surface area contributed by atoms with E-state index >= 15 is 0 Å². The number of nitrogens with one attached hydrogen (secondary N) is 1. The van der Waals surface area contributed by atoms with E-state index in [0.29, 0.717) is 78.2 Å². The molecule has 7 nitrogen and oxygen atoms in total. The molecule has 0 saturated carbocycles. The normalized spacial score (nSPS) is 10.9. The lowest BCUT2D eigenvalue weighted by atomic mass is 10.1. The van der Waals surface area contributed by atoms with Gasteiger partial charge < -0.3 is 29.1 Å². The van der Waals surface area contributed by atoms with Crippen LogP contribution in [0, 0.1) is 5.92 Å². The van der Waals surface area contributed by atoms with Crippen LogP contribution in [-0.4, -0.2) is 71.6 Å². The van der Waals surface area contributed by atoms with Crippen molar-refractivity contribution >= 4 is 12.2 Å². The van der Waals surface area contributed by atoms with Crippen molar-refractivity contribution in [2.75, 3.05) is 59.4 Å². The molecule has 0 aromatic rings. The summed E-state index contributed by atoms with van der Waals surface area (Å²) in [5, 5.41) is 2.80. The van der Waals surface area contributed by atoms with Gasteiger partial charge in [0.25, 0.3) is 0 Å². The highest BCUT2D eigenvalue weighted by atomic mass is 16.6. The van der Waals surface area contributed by atoms with Crippen molar-refractivity contribution < 1.29 is 28.5 Å². The van der Waals surface area contributed by atoms with Crippen LogP contribution in [0.4, 0.5) is 0 Å². The van der Waals surface area contributed by atoms with Crippen molar-refractivity contribution in [2.24, 2.45) is 5.92 Å². The summed E-state index contributed by atoms with van der Waals surface area (Å²) in [7, 11) is 0. The SMILES string of the molecule is CC(C)CC(=O)NCCOCCOCCOCCOCCC=O. The van der Waals surface area contributed by atoms with Gasteiger partial charge in [-0.15, -0.1) is 0 Å². The van der Waals surface area contributed by atoms with E-state index in [1.165, 1.54) is 0 Å². The molecule has 0 atom stereocenters. The van der Waals surface area contributed by atoms with E-state index in [2.05, 4.69) is 5.32 Å². The van der Waals surface area contributed by atoms with Gasteiger partial charge in [-0.3, -0.25) is 4.79 Å². The molecule has 0 rings (SSSR count). The summed E-state index contributed by atoms with van der Waals surface area (Å²) in [6.07, 6.45) is 1.80. The van der Waals surface area contributed by atoms with Gasteiger partial charge in [-0.1, -0.05) is 13.8 Å². The molecule has 0 aromatic heterocycles. The summed E-state index contributed by atoms with van der Waals surface area (Å²) in [5.74, 6) is 0.432. The second-order valence-electron chi connectivity index (χ2n) is 5.35. The largest absolute Gasteiger partial charge is 0.379 e. The van der Waals surface area contributed by atoms with Crippen molar-refractivity contribution in [1.29, 1.82) is 0 Å². The van der Waals surface area contributed by atoms with Crippen LogP contribution in [0.2, 0.25) is 0 Å². The predicted molar refractivity (Wildman–Crippen MR) is 86.4 cm³/mol. The Morgan fingerprint density at radius 1 is 0.870 bits per heavy atom. The third-order valence-corrected chi connectivity index (χ3v) is 2.66. The highest BCUT2D eigenvalue weighted by Gasteiger charge is 2.03. The zero-order chi connectivity index (χ0) is 17.2. The van der Waals surface area contributed by atoms with E-state index in [4.69, 9.17) is 18.9 Å². The van der Waals surface area contributed by atoms with Crippen molar-refractivity contribution in [3.8, 4) is 0 Å². The molecule has 1 N–H and O–H groups in total. The maximum atomic E-state index is 11.4. The lowest BCUT2D eigenvalue weighted by Crippen LogP contribution is -2.28. The van der Waals surface area contributed by atoms with Crippen molar-refractivity contribution in [3.05, 3.63) is 0 Å². The Morgan fingerprint density at radius 3 is 1.83 bits per heavy atom. The van der Waals surface area contributed by atoms with Gasteiger partial charge in [0.15, 0.2) is 0 Å². The Bertz CT molecular complexity index is 286. The molecule has 0 saturated heterocycles. The van der Waals surface area contributed by atoms with E-state index in [1.807, 2.05) is 13.8 Å². The zero-order valence-corrected chi connectivity index (χ0v) is 14.4. The Hall–Kier alpha value is -1.02. The molecule has 0 heterocycles. The molecule has 7 heteroatoms. The fourth-order valence-electron chi connectivity index (χ4n) is 1.60. The molecule has 0 aromatic carbocycles. The molecular weight excluding hydrogens is 302 g/mol. The first-order valence-corrected chi connectivity index (χ1v) is 8.18. The molecule has 0 bridgehead atoms. The second kappa shape index (κ2) is 17.3. The summed E-state index contributed by atoms with van der Waals surface area (Å²) in [5.41, 5.74) is 0. The van der Waals surface area contributed by atoms with Crippen LogP contribution >= 0.6 is 0 Å². The zero-order valence-electron chi connectivity index (χ0n) is 14.4. The van der Waals surface area contributed by atoms with Gasteiger partial charge in [0.1, 0.15) is 6.29 Å². The standard InChI is InChI=1S/C16H31NO6/c1-15(2)14-16(19)17-4-7-21-9-11-23-13-12-22-10-8-20-6-3-5-18/h5,15H,3-4,6-14H2,1-2H3,(H,17,19). The minimum atomic E-state index is 0.0622. The van der Waals surface area contributed by atoms with E-state index in [1.54, 1.807) is 0 Å². The second-order valence-corrected chi connectivity index (χ2v) is 5.35. The topological polar surface area (TPSA) is 83.1 Å². The first-order chi connectivity index (χ1) is 11.2. The number of hydrogen-bond donors (Lipinski definition) is 1. The van der Waals surface area contributed by atoms with Gasteiger partial charge in [-0.2, -0.15) is 0 Å². The Morgan fingerprint density at radius 2 is 1.35 bits per heavy atom. The van der Waals surface area contributed by atoms with Crippen LogP contribution in [0.3, 0.4) is 0 Å². The number of carbonyl (C=O) groups is 2. The molecular formula is C16H31NO6. The molecule has 136 valence electrons. The summed E-state index contributed by atoms with van der Waals surface area (Å²) in [6, 6.07) is 0. The molecule has 0 aliphatic carbocycles. The fraction of sp³-hybridized carbons (Fsp3) is 0.875. The number of rotatable bonds is 17. The molecule has 0 unspecified atom stereocenters. The first kappa shape index (κ1) is 22.0. The summed E-state index contributed by atoms with van der Waals surface area (Å²) >= 11 is 0. The third kappa shape index (κ3) is 18.9. The van der Waals surface area contributed by atoms with Crippen LogP contribution in [0.15, 0.2) is 0 Å². The van der Waals surface area contributed by atoms with Crippen LogP contribution in [0.5, 0.6) is 0 Å². The quantitative estimate of drug-likeness (QED) is 0.313. The maximum Gasteiger partial charge on any atom is 0.220 e. The lowest BCUT2D eigenvalue weighted by molar-refractivity contribution is -0.122. The van der Waals surface area contributed by atoms with Crippen molar-refractivity contribution in [1.82, 2.24) is 5.32 Å². The van der Waals surface area contributed by atoms with Crippen molar-refractivity contribution in [3.63, 3.8) is 0 Å². The molecule has 0 spiro atoms. The van der Waals surface area contributed by atoms with Crippen LogP contribution in [0.25, 0.3) is 0 Å². The molecule has 0 radical (unpaired) electrons. The monoisotopic (exact) mass is 333 g/mol. The Labute approximate surface area is 139 Å². The molecule has 23 heavy (non-hydrogen) atoms. The smallest absolute Gasteiger partial charge is 0.220 e. The highest BCUT2D eigenvalue weighted by Crippen LogP contribution is 1.97.